The van der Waals surface area contributed by atoms with Gasteiger partial charge < -0.3 is 14.2 Å². The van der Waals surface area contributed by atoms with Gasteiger partial charge in [-0.2, -0.15) is 0 Å². The molecule has 0 unspecified atom stereocenters. The fourth-order valence-corrected chi connectivity index (χ4v) is 4.48. The van der Waals surface area contributed by atoms with Crippen molar-refractivity contribution in [2.24, 2.45) is 0 Å². The number of halogens is 2. The number of furan rings is 2. The lowest BCUT2D eigenvalue weighted by molar-refractivity contribution is 0.0924. The summed E-state index contributed by atoms with van der Waals surface area (Å²) >= 11 is 3.10. The van der Waals surface area contributed by atoms with E-state index < -0.39 is 26.8 Å². The van der Waals surface area contributed by atoms with Crippen LogP contribution >= 0.6 is 15.9 Å². The smallest absolute Gasteiger partial charge is 0.287 e. The zero-order chi connectivity index (χ0) is 19.6. The van der Waals surface area contributed by atoms with Gasteiger partial charge in [-0.1, -0.05) is 0 Å². The van der Waals surface area contributed by atoms with E-state index in [1.54, 1.807) is 12.1 Å². The van der Waals surface area contributed by atoms with E-state index in [1.807, 2.05) is 0 Å². The van der Waals surface area contributed by atoms with Crippen LogP contribution in [0.25, 0.3) is 0 Å². The molecule has 1 atom stereocenters. The number of amides is 1. The molecule has 3 aromatic rings. The second kappa shape index (κ2) is 7.69. The van der Waals surface area contributed by atoms with E-state index in [4.69, 9.17) is 8.83 Å². The van der Waals surface area contributed by atoms with Crippen LogP contribution in [-0.4, -0.2) is 20.9 Å². The fraction of sp³-hybridized carbons (Fsp3) is 0.167. The zero-order valence-electron chi connectivity index (χ0n) is 14.1. The molecular weight excluding hydrogens is 441 g/mol. The summed E-state index contributed by atoms with van der Waals surface area (Å²) < 4.78 is 50.5. The molecule has 1 amide bonds. The monoisotopic (exact) mass is 455 g/mol. The van der Waals surface area contributed by atoms with Crippen LogP contribution in [0, 0.1) is 12.7 Å². The lowest BCUT2D eigenvalue weighted by Gasteiger charge is -2.17. The fourth-order valence-electron chi connectivity index (χ4n) is 2.50. The van der Waals surface area contributed by atoms with Gasteiger partial charge in [-0.25, -0.2) is 12.8 Å². The maximum atomic E-state index is 13.5. The molecule has 9 heteroatoms. The highest BCUT2D eigenvalue weighted by Crippen LogP contribution is 2.30. The molecule has 0 spiro atoms. The van der Waals surface area contributed by atoms with Crippen LogP contribution in [0.15, 0.2) is 67.1 Å². The summed E-state index contributed by atoms with van der Waals surface area (Å²) in [4.78, 5) is 12.1. The van der Waals surface area contributed by atoms with E-state index in [0.29, 0.717) is 4.67 Å². The summed E-state index contributed by atoms with van der Waals surface area (Å²) in [7, 11) is -3.95. The minimum absolute atomic E-state index is 0.0371. The number of hydrogen-bond donors (Lipinski definition) is 1. The van der Waals surface area contributed by atoms with Crippen LogP contribution in [0.4, 0.5) is 4.39 Å². The Morgan fingerprint density at radius 3 is 2.63 bits per heavy atom. The van der Waals surface area contributed by atoms with Crippen molar-refractivity contribution in [2.75, 3.05) is 6.54 Å². The predicted molar refractivity (Wildman–Crippen MR) is 98.5 cm³/mol. The number of carbonyl (C=O) groups is 1. The zero-order valence-corrected chi connectivity index (χ0v) is 16.5. The van der Waals surface area contributed by atoms with Crippen molar-refractivity contribution in [1.29, 1.82) is 0 Å². The SMILES string of the molecule is Cc1cc(S(=O)(=O)[C@H](CNC(=O)c2ccc(Br)o2)c2ccco2)ccc1F. The highest BCUT2D eigenvalue weighted by molar-refractivity contribution is 9.10. The van der Waals surface area contributed by atoms with Gasteiger partial charge in [0.05, 0.1) is 11.2 Å². The molecule has 0 aliphatic heterocycles. The number of hydrogen-bond acceptors (Lipinski definition) is 5. The van der Waals surface area contributed by atoms with Crippen molar-refractivity contribution in [3.63, 3.8) is 0 Å². The van der Waals surface area contributed by atoms with Gasteiger partial charge in [0.15, 0.2) is 20.3 Å². The van der Waals surface area contributed by atoms with Gasteiger partial charge in [-0.05, 0) is 70.9 Å². The van der Waals surface area contributed by atoms with Crippen LogP contribution in [0.5, 0.6) is 0 Å². The normalized spacial score (nSPS) is 12.7. The summed E-state index contributed by atoms with van der Waals surface area (Å²) in [5, 5.41) is 1.35. The predicted octanol–water partition coefficient (Wildman–Crippen LogP) is 4.03. The first-order chi connectivity index (χ1) is 12.8. The Labute approximate surface area is 163 Å². The molecular formula is C18H15BrFNO5S. The molecule has 0 bridgehead atoms. The van der Waals surface area contributed by atoms with Crippen molar-refractivity contribution in [2.45, 2.75) is 17.1 Å². The van der Waals surface area contributed by atoms with Crippen LogP contribution < -0.4 is 5.32 Å². The lowest BCUT2D eigenvalue weighted by Crippen LogP contribution is -2.31. The van der Waals surface area contributed by atoms with E-state index >= 15 is 0 Å². The highest BCUT2D eigenvalue weighted by Gasteiger charge is 2.32. The van der Waals surface area contributed by atoms with Crippen molar-refractivity contribution in [3.8, 4) is 0 Å². The first kappa shape index (κ1) is 19.4. The number of rotatable bonds is 6. The topological polar surface area (TPSA) is 89.5 Å². The van der Waals surface area contributed by atoms with Gasteiger partial charge in [0.25, 0.3) is 5.91 Å². The second-order valence-electron chi connectivity index (χ2n) is 5.77. The highest BCUT2D eigenvalue weighted by atomic mass is 79.9. The third-order valence-corrected chi connectivity index (χ3v) is 6.42. The number of benzene rings is 1. The van der Waals surface area contributed by atoms with Crippen LogP contribution in [0.1, 0.15) is 27.1 Å². The average molecular weight is 456 g/mol. The van der Waals surface area contributed by atoms with Gasteiger partial charge in [0.1, 0.15) is 16.8 Å². The molecule has 2 heterocycles. The summed E-state index contributed by atoms with van der Waals surface area (Å²) in [5.74, 6) is -0.865. The van der Waals surface area contributed by atoms with Gasteiger partial charge in [-0.3, -0.25) is 4.79 Å². The van der Waals surface area contributed by atoms with Crippen molar-refractivity contribution < 1.29 is 26.4 Å². The van der Waals surface area contributed by atoms with Crippen molar-refractivity contribution >= 4 is 31.7 Å². The van der Waals surface area contributed by atoms with Crippen LogP contribution in [0.3, 0.4) is 0 Å². The quantitative estimate of drug-likeness (QED) is 0.566. The maximum Gasteiger partial charge on any atom is 0.287 e. The Hall–Kier alpha value is -2.39. The molecule has 0 aliphatic rings. The Balaban J connectivity index is 1.89. The molecule has 0 saturated heterocycles. The molecule has 2 aromatic heterocycles. The summed E-state index contributed by atoms with van der Waals surface area (Å²) in [5.41, 5.74) is 0.207. The van der Waals surface area contributed by atoms with Crippen molar-refractivity contribution in [3.05, 3.63) is 76.3 Å². The van der Waals surface area contributed by atoms with Crippen LogP contribution in [-0.2, 0) is 9.84 Å². The number of aryl methyl sites for hydroxylation is 1. The molecule has 0 radical (unpaired) electrons. The van der Waals surface area contributed by atoms with E-state index in [2.05, 4.69) is 21.2 Å². The van der Waals surface area contributed by atoms with Gasteiger partial charge in [0.2, 0.25) is 0 Å². The number of nitrogens with one attached hydrogen (secondary N) is 1. The van der Waals surface area contributed by atoms with Gasteiger partial charge >= 0.3 is 0 Å². The van der Waals surface area contributed by atoms with Gasteiger partial charge in [0, 0.05) is 6.54 Å². The van der Waals surface area contributed by atoms with E-state index in [-0.39, 0.29) is 28.5 Å². The largest absolute Gasteiger partial charge is 0.468 e. The Morgan fingerprint density at radius 2 is 2.04 bits per heavy atom. The minimum atomic E-state index is -3.95. The average Bonchev–Trinajstić information content (AvgIpc) is 3.29. The Kier molecular flexibility index (Phi) is 5.52. The number of sulfone groups is 1. The number of carbonyl (C=O) groups excluding carboxylic acids is 1. The Morgan fingerprint density at radius 1 is 1.26 bits per heavy atom. The second-order valence-corrected chi connectivity index (χ2v) is 8.69. The van der Waals surface area contributed by atoms with Gasteiger partial charge in [-0.15, -0.1) is 0 Å². The third-order valence-electron chi connectivity index (χ3n) is 3.94. The first-order valence-corrected chi connectivity index (χ1v) is 10.2. The summed E-state index contributed by atoms with van der Waals surface area (Å²) in [6.45, 7) is 1.23. The standard InChI is InChI=1S/C18H15BrFNO5S/c1-11-9-12(4-5-13(11)20)27(23,24)16(14-3-2-8-25-14)10-21-18(22)15-6-7-17(19)26-15/h2-9,16H,10H2,1H3,(H,21,22)/t16-/m1/s1. The molecule has 27 heavy (non-hydrogen) atoms. The molecule has 1 aromatic carbocycles. The first-order valence-electron chi connectivity index (χ1n) is 7.86. The van der Waals surface area contributed by atoms with E-state index in [1.165, 1.54) is 37.5 Å². The molecule has 0 aliphatic carbocycles. The Bertz CT molecular complexity index is 1060. The third kappa shape index (κ3) is 4.14. The molecule has 0 saturated carbocycles. The lowest BCUT2D eigenvalue weighted by atomic mass is 10.2. The van der Waals surface area contributed by atoms with E-state index in [9.17, 15) is 17.6 Å². The maximum absolute atomic E-state index is 13.5. The molecule has 6 nitrogen and oxygen atoms in total. The molecule has 142 valence electrons. The summed E-state index contributed by atoms with van der Waals surface area (Å²) in [6.07, 6.45) is 1.35. The molecule has 1 N–H and O–H groups in total. The minimum Gasteiger partial charge on any atom is -0.468 e. The summed E-state index contributed by atoms with van der Waals surface area (Å²) in [6, 6.07) is 9.62. The van der Waals surface area contributed by atoms with Crippen molar-refractivity contribution in [1.82, 2.24) is 5.32 Å². The van der Waals surface area contributed by atoms with E-state index in [0.717, 1.165) is 6.07 Å². The molecule has 0 fully saturated rings. The van der Waals surface area contributed by atoms with Crippen LogP contribution in [0.2, 0.25) is 0 Å². The molecule has 3 rings (SSSR count).